The van der Waals surface area contributed by atoms with Crippen LogP contribution in [-0.2, 0) is 27.6 Å². The Kier molecular flexibility index (Phi) is 8.68. The van der Waals surface area contributed by atoms with Gasteiger partial charge in [0, 0.05) is 12.1 Å². The Labute approximate surface area is 215 Å². The Balaban J connectivity index is 1.57. The Morgan fingerprint density at radius 3 is 2.34 bits per heavy atom. The number of carbonyl (C=O) groups excluding carboxylic acids is 1. The minimum Gasteiger partial charge on any atom is -0.489 e. The molecule has 0 bridgehead atoms. The van der Waals surface area contributed by atoms with Crippen molar-refractivity contribution < 1.29 is 36.0 Å². The van der Waals surface area contributed by atoms with Gasteiger partial charge in [0.15, 0.2) is 0 Å². The third-order valence-electron chi connectivity index (χ3n) is 4.98. The van der Waals surface area contributed by atoms with Gasteiger partial charge in [-0.3, -0.25) is 19.2 Å². The van der Waals surface area contributed by atoms with Gasteiger partial charge in [0.25, 0.3) is 11.6 Å². The van der Waals surface area contributed by atoms with Crippen molar-refractivity contribution in [2.24, 2.45) is 5.10 Å². The molecule has 0 aliphatic heterocycles. The van der Waals surface area contributed by atoms with E-state index in [0.29, 0.717) is 21.7 Å². The van der Waals surface area contributed by atoms with Crippen molar-refractivity contribution in [2.75, 3.05) is 17.1 Å². The molecule has 3 aromatic carbocycles. The second-order valence-electron chi connectivity index (χ2n) is 7.89. The third kappa shape index (κ3) is 8.03. The minimum absolute atomic E-state index is 0.0239. The number of anilines is 1. The number of hydrogen-bond donors (Lipinski definition) is 1. The lowest BCUT2D eigenvalue weighted by Crippen LogP contribution is -2.39. The van der Waals surface area contributed by atoms with Gasteiger partial charge in [0.1, 0.15) is 18.9 Å². The third-order valence-corrected chi connectivity index (χ3v) is 6.13. The maximum absolute atomic E-state index is 13.0. The number of hydrazone groups is 1. The van der Waals surface area contributed by atoms with Crippen LogP contribution in [0.5, 0.6) is 5.75 Å². The van der Waals surface area contributed by atoms with Gasteiger partial charge in [-0.15, -0.1) is 0 Å². The molecule has 3 aromatic rings. The van der Waals surface area contributed by atoms with Gasteiger partial charge in [0.05, 0.1) is 28.6 Å². The zero-order chi connectivity index (χ0) is 27.9. The van der Waals surface area contributed by atoms with Gasteiger partial charge in [-0.1, -0.05) is 6.07 Å². The van der Waals surface area contributed by atoms with Crippen molar-refractivity contribution in [1.29, 1.82) is 0 Å². The van der Waals surface area contributed by atoms with E-state index in [2.05, 4.69) is 10.5 Å². The summed E-state index contributed by atoms with van der Waals surface area (Å²) in [7, 11) is -4.08. The molecule has 200 valence electrons. The Morgan fingerprint density at radius 1 is 1.11 bits per heavy atom. The lowest BCUT2D eigenvalue weighted by atomic mass is 10.2. The fourth-order valence-corrected chi connectivity index (χ4v) is 3.96. The van der Waals surface area contributed by atoms with Crippen LogP contribution >= 0.6 is 0 Å². The van der Waals surface area contributed by atoms with Crippen LogP contribution in [0, 0.1) is 10.1 Å². The molecular weight excluding hydrogens is 529 g/mol. The van der Waals surface area contributed by atoms with Gasteiger partial charge in [-0.2, -0.15) is 18.3 Å². The molecule has 1 amide bonds. The number of non-ortho nitro benzene ring substituents is 1. The normalized spacial score (nSPS) is 11.8. The van der Waals surface area contributed by atoms with Crippen LogP contribution in [0.2, 0.25) is 0 Å². The smallest absolute Gasteiger partial charge is 0.416 e. The van der Waals surface area contributed by atoms with E-state index in [1.165, 1.54) is 18.3 Å². The molecule has 0 saturated carbocycles. The molecule has 0 spiro atoms. The van der Waals surface area contributed by atoms with Crippen molar-refractivity contribution in [3.8, 4) is 5.75 Å². The molecule has 3 rings (SSSR count). The van der Waals surface area contributed by atoms with Crippen molar-refractivity contribution in [3.05, 3.63) is 99.6 Å². The van der Waals surface area contributed by atoms with E-state index in [1.54, 1.807) is 36.4 Å². The second-order valence-corrected chi connectivity index (χ2v) is 9.80. The molecule has 38 heavy (non-hydrogen) atoms. The van der Waals surface area contributed by atoms with Crippen molar-refractivity contribution in [2.45, 2.75) is 12.8 Å². The van der Waals surface area contributed by atoms with Crippen LogP contribution < -0.4 is 14.5 Å². The summed E-state index contributed by atoms with van der Waals surface area (Å²) in [5.41, 5.74) is 2.05. The molecule has 14 heteroatoms. The van der Waals surface area contributed by atoms with E-state index in [1.807, 2.05) is 0 Å². The zero-order valence-electron chi connectivity index (χ0n) is 19.8. The lowest BCUT2D eigenvalue weighted by molar-refractivity contribution is -0.384. The average Bonchev–Trinajstić information content (AvgIpc) is 2.86. The number of amides is 1. The van der Waals surface area contributed by atoms with Crippen molar-refractivity contribution in [1.82, 2.24) is 5.43 Å². The molecule has 0 aliphatic rings. The molecular formula is C24H21F3N4O6S. The highest BCUT2D eigenvalue weighted by Gasteiger charge is 2.32. The molecule has 1 N–H and O–H groups in total. The van der Waals surface area contributed by atoms with E-state index >= 15 is 0 Å². The molecule has 0 aromatic heterocycles. The Morgan fingerprint density at radius 2 is 1.76 bits per heavy atom. The second kappa shape index (κ2) is 11.7. The number of nitro benzene ring substituents is 1. The van der Waals surface area contributed by atoms with Gasteiger partial charge in [-0.05, 0) is 65.7 Å². The first-order valence-electron chi connectivity index (χ1n) is 10.8. The van der Waals surface area contributed by atoms with Gasteiger partial charge >= 0.3 is 6.18 Å². The molecule has 0 radical (unpaired) electrons. The van der Waals surface area contributed by atoms with Crippen LogP contribution in [0.4, 0.5) is 24.5 Å². The fourth-order valence-electron chi connectivity index (χ4n) is 3.11. The summed E-state index contributed by atoms with van der Waals surface area (Å²) in [6.07, 6.45) is -2.63. The number of sulfonamides is 1. The summed E-state index contributed by atoms with van der Waals surface area (Å²) in [5.74, 6) is -0.360. The van der Waals surface area contributed by atoms with Crippen LogP contribution in [0.3, 0.4) is 0 Å². The van der Waals surface area contributed by atoms with Crippen LogP contribution in [-0.4, -0.2) is 38.3 Å². The number of rotatable bonds is 10. The number of benzene rings is 3. The first kappa shape index (κ1) is 28.1. The number of nitrogens with zero attached hydrogens (tertiary/aromatic N) is 3. The van der Waals surface area contributed by atoms with Gasteiger partial charge in [-0.25, -0.2) is 13.8 Å². The predicted octanol–water partition coefficient (Wildman–Crippen LogP) is 4.11. The first-order valence-corrected chi connectivity index (χ1v) is 12.6. The highest BCUT2D eigenvalue weighted by Crippen LogP contribution is 2.32. The summed E-state index contributed by atoms with van der Waals surface area (Å²) in [5, 5.41) is 14.5. The van der Waals surface area contributed by atoms with Crippen LogP contribution in [0.1, 0.15) is 16.7 Å². The number of hydrogen-bond acceptors (Lipinski definition) is 7. The fraction of sp³-hybridized carbons (Fsp3) is 0.167. The number of halogens is 3. The Hall–Kier alpha value is -4.46. The summed E-state index contributed by atoms with van der Waals surface area (Å²) in [6, 6.07) is 16.1. The SMILES string of the molecule is CS(=O)(=O)N(CC(=O)N/N=C\c1ccc(OCc2ccc([N+](=O)[O-])cc2)cc1)c1cccc(C(F)(F)F)c1. The summed E-state index contributed by atoms with van der Waals surface area (Å²) in [6.45, 7) is -0.600. The molecule has 0 unspecified atom stereocenters. The minimum atomic E-state index is -4.68. The van der Waals surface area contributed by atoms with Crippen molar-refractivity contribution in [3.63, 3.8) is 0 Å². The summed E-state index contributed by atoms with van der Waals surface area (Å²) in [4.78, 5) is 22.5. The maximum Gasteiger partial charge on any atom is 0.416 e. The summed E-state index contributed by atoms with van der Waals surface area (Å²) < 4.78 is 69.4. The predicted molar refractivity (Wildman–Crippen MR) is 133 cm³/mol. The van der Waals surface area contributed by atoms with Crippen LogP contribution in [0.15, 0.2) is 77.9 Å². The largest absolute Gasteiger partial charge is 0.489 e. The number of carbonyl (C=O) groups is 1. The van der Waals surface area contributed by atoms with Gasteiger partial charge < -0.3 is 4.74 Å². The number of nitro groups is 1. The molecule has 0 heterocycles. The van der Waals surface area contributed by atoms with Gasteiger partial charge in [0.2, 0.25) is 10.0 Å². The van der Waals surface area contributed by atoms with Crippen LogP contribution in [0.25, 0.3) is 0 Å². The maximum atomic E-state index is 13.0. The van der Waals surface area contributed by atoms with E-state index in [9.17, 15) is 36.5 Å². The number of ether oxygens (including phenoxy) is 1. The molecule has 0 fully saturated rings. The van der Waals surface area contributed by atoms with E-state index in [-0.39, 0.29) is 18.0 Å². The quantitative estimate of drug-likeness (QED) is 0.230. The Bertz CT molecular complexity index is 1430. The monoisotopic (exact) mass is 550 g/mol. The average molecular weight is 551 g/mol. The van der Waals surface area contributed by atoms with E-state index in [0.717, 1.165) is 30.0 Å². The number of nitrogens with one attached hydrogen (secondary N) is 1. The highest BCUT2D eigenvalue weighted by molar-refractivity contribution is 7.92. The number of alkyl halides is 3. The zero-order valence-corrected chi connectivity index (χ0v) is 20.6. The highest BCUT2D eigenvalue weighted by atomic mass is 32.2. The summed E-state index contributed by atoms with van der Waals surface area (Å²) >= 11 is 0. The molecule has 0 saturated heterocycles. The molecule has 0 atom stereocenters. The lowest BCUT2D eigenvalue weighted by Gasteiger charge is -2.22. The topological polar surface area (TPSA) is 131 Å². The standard InChI is InChI=1S/C24H21F3N4O6S/c1-38(35,36)30(21-4-2-3-19(13-21)24(25,26)27)15-23(32)29-28-14-17-7-11-22(12-8-17)37-16-18-5-9-20(10-6-18)31(33)34/h2-14H,15-16H2,1H3,(H,29,32)/b28-14-. The first-order chi connectivity index (χ1) is 17.8. The molecule has 10 nitrogen and oxygen atoms in total. The molecule has 0 aliphatic carbocycles. The van der Waals surface area contributed by atoms with E-state index < -0.39 is 39.1 Å². The van der Waals surface area contributed by atoms with E-state index in [4.69, 9.17) is 4.74 Å². The van der Waals surface area contributed by atoms with Crippen molar-refractivity contribution >= 4 is 33.5 Å².